The maximum absolute atomic E-state index is 11.5. The number of aliphatic hydroxyl groups is 1. The third-order valence-electron chi connectivity index (χ3n) is 2.64. The van der Waals surface area contributed by atoms with E-state index in [1.54, 1.807) is 18.2 Å². The van der Waals surface area contributed by atoms with Crippen LogP contribution in [0.2, 0.25) is 0 Å². The van der Waals surface area contributed by atoms with E-state index in [1.807, 2.05) is 0 Å². The molecule has 7 heteroatoms. The van der Waals surface area contributed by atoms with E-state index >= 15 is 0 Å². The summed E-state index contributed by atoms with van der Waals surface area (Å²) in [6, 6.07) is 5.12. The van der Waals surface area contributed by atoms with E-state index in [-0.39, 0.29) is 18.2 Å². The second-order valence-electron chi connectivity index (χ2n) is 3.82. The number of hydroxylamine groups is 4. The highest BCUT2D eigenvalue weighted by molar-refractivity contribution is 5.23. The minimum Gasteiger partial charge on any atom is -0.392 e. The normalized spacial score (nSPS) is 21.1. The van der Waals surface area contributed by atoms with Crippen molar-refractivity contribution in [3.05, 3.63) is 58.5 Å². The molecule has 3 rings (SSSR count). The number of hydrogen-bond donors (Lipinski definition) is 2. The number of hydrogen-bond acceptors (Lipinski definition) is 6. The van der Waals surface area contributed by atoms with Crippen LogP contribution in [0.4, 0.5) is 0 Å². The summed E-state index contributed by atoms with van der Waals surface area (Å²) in [4.78, 5) is 8.32. The molecule has 1 aromatic carbocycles. The Bertz CT molecular complexity index is 666. The molecule has 0 aliphatic carbocycles. The van der Waals surface area contributed by atoms with Crippen LogP contribution in [0.3, 0.4) is 0 Å². The molecule has 2 aliphatic rings. The molecule has 0 amide bonds. The molecule has 2 N–H and O–H groups in total. The predicted octanol–water partition coefficient (Wildman–Crippen LogP) is -0.618. The van der Waals surface area contributed by atoms with E-state index in [1.165, 1.54) is 6.20 Å². The lowest BCUT2D eigenvalue weighted by atomic mass is 10.2. The van der Waals surface area contributed by atoms with Gasteiger partial charge in [0.15, 0.2) is 5.82 Å². The molecule has 1 aromatic rings. The molecule has 2 heterocycles. The standard InChI is InChI=1S/C11H9N4O3/c16-6-7-1-2-8-9(5-7)13-10(12-8)11-14(17)3-4-15(11)18/h1-5,16-17H,6H2/b11-10+. The molecule has 0 aromatic heterocycles. The van der Waals surface area contributed by atoms with Gasteiger partial charge in [0, 0.05) is 0 Å². The van der Waals surface area contributed by atoms with Gasteiger partial charge in [-0.25, -0.2) is 15.0 Å². The SMILES string of the molecule is [O]N1C=CN(O)/C1=C1/N=c2ccc(CO)cc2=N1. The Morgan fingerprint density at radius 2 is 1.94 bits per heavy atom. The molecule has 0 atom stereocenters. The highest BCUT2D eigenvalue weighted by atomic mass is 16.6. The third-order valence-corrected chi connectivity index (χ3v) is 2.64. The Hall–Kier alpha value is -2.22. The maximum atomic E-state index is 11.5. The van der Waals surface area contributed by atoms with Gasteiger partial charge in [-0.3, -0.25) is 5.21 Å². The Balaban J connectivity index is 2.15. The van der Waals surface area contributed by atoms with Gasteiger partial charge in [-0.1, -0.05) is 11.3 Å². The van der Waals surface area contributed by atoms with Crippen molar-refractivity contribution in [1.29, 1.82) is 0 Å². The second-order valence-corrected chi connectivity index (χ2v) is 3.82. The minimum atomic E-state index is -0.0872. The average Bonchev–Trinajstić information content (AvgIpc) is 2.91. The zero-order valence-electron chi connectivity index (χ0n) is 9.19. The average molecular weight is 245 g/mol. The summed E-state index contributed by atoms with van der Waals surface area (Å²) in [5.41, 5.74) is 0.711. The largest absolute Gasteiger partial charge is 0.392 e. The second kappa shape index (κ2) is 3.91. The van der Waals surface area contributed by atoms with Gasteiger partial charge in [-0.15, -0.1) is 0 Å². The van der Waals surface area contributed by atoms with Crippen molar-refractivity contribution >= 4 is 0 Å². The molecule has 1 radical (unpaired) electrons. The molecule has 0 saturated carbocycles. The number of nitrogens with zero attached hydrogens (tertiary/aromatic N) is 4. The summed E-state index contributed by atoms with van der Waals surface area (Å²) >= 11 is 0. The van der Waals surface area contributed by atoms with Crippen molar-refractivity contribution in [2.24, 2.45) is 9.98 Å². The van der Waals surface area contributed by atoms with Crippen molar-refractivity contribution in [3.8, 4) is 0 Å². The van der Waals surface area contributed by atoms with Gasteiger partial charge in [0.2, 0.25) is 5.82 Å². The van der Waals surface area contributed by atoms with Gasteiger partial charge in [0.05, 0.1) is 29.7 Å². The summed E-state index contributed by atoms with van der Waals surface area (Å²) < 4.78 is 0. The van der Waals surface area contributed by atoms with E-state index in [9.17, 15) is 10.4 Å². The van der Waals surface area contributed by atoms with Crippen molar-refractivity contribution < 1.29 is 15.5 Å². The number of benzene rings is 1. The Kier molecular flexibility index (Phi) is 2.37. The molecule has 0 bridgehead atoms. The van der Waals surface area contributed by atoms with Gasteiger partial charge in [0.1, 0.15) is 0 Å². The van der Waals surface area contributed by atoms with Crippen molar-refractivity contribution in [1.82, 2.24) is 10.1 Å². The highest BCUT2D eigenvalue weighted by Crippen LogP contribution is 2.21. The van der Waals surface area contributed by atoms with Crippen LogP contribution in [0, 0.1) is 0 Å². The first kappa shape index (κ1) is 10.9. The van der Waals surface area contributed by atoms with E-state index in [2.05, 4.69) is 9.98 Å². The van der Waals surface area contributed by atoms with Gasteiger partial charge >= 0.3 is 0 Å². The lowest BCUT2D eigenvalue weighted by molar-refractivity contribution is -0.126. The third kappa shape index (κ3) is 1.58. The van der Waals surface area contributed by atoms with E-state index < -0.39 is 0 Å². The molecule has 0 saturated heterocycles. The maximum Gasteiger partial charge on any atom is 0.210 e. The summed E-state index contributed by atoms with van der Waals surface area (Å²) in [6.45, 7) is -0.0872. The summed E-state index contributed by atoms with van der Waals surface area (Å²) in [5.74, 6) is 0.0966. The Morgan fingerprint density at radius 3 is 2.61 bits per heavy atom. The van der Waals surface area contributed by atoms with Crippen LogP contribution in [0.15, 0.2) is 52.2 Å². The fourth-order valence-corrected chi connectivity index (χ4v) is 1.77. The molecule has 7 nitrogen and oxygen atoms in total. The topological polar surface area (TPSA) is 91.6 Å². The fraction of sp³-hybridized carbons (Fsp3) is 0.0909. The zero-order chi connectivity index (χ0) is 12.7. The molecule has 0 spiro atoms. The number of rotatable bonds is 1. The number of fused-ring (bicyclic) bond motifs is 1. The highest BCUT2D eigenvalue weighted by Gasteiger charge is 2.24. The van der Waals surface area contributed by atoms with Crippen molar-refractivity contribution in [2.45, 2.75) is 6.61 Å². The van der Waals surface area contributed by atoms with Crippen molar-refractivity contribution in [3.63, 3.8) is 0 Å². The van der Waals surface area contributed by atoms with Crippen LogP contribution in [0.25, 0.3) is 0 Å². The van der Waals surface area contributed by atoms with Gasteiger partial charge in [0.25, 0.3) is 0 Å². The van der Waals surface area contributed by atoms with E-state index in [0.29, 0.717) is 26.4 Å². The quantitative estimate of drug-likeness (QED) is 0.690. The number of aliphatic hydroxyl groups excluding tert-OH is 1. The minimum absolute atomic E-state index is 0.0447. The lowest BCUT2D eigenvalue weighted by Gasteiger charge is -2.12. The van der Waals surface area contributed by atoms with E-state index in [0.717, 1.165) is 6.20 Å². The van der Waals surface area contributed by atoms with E-state index in [4.69, 9.17) is 5.11 Å². The smallest absolute Gasteiger partial charge is 0.210 e. The lowest BCUT2D eigenvalue weighted by Crippen LogP contribution is -2.21. The first-order valence-corrected chi connectivity index (χ1v) is 5.23. The van der Waals surface area contributed by atoms with Crippen LogP contribution >= 0.6 is 0 Å². The first-order valence-electron chi connectivity index (χ1n) is 5.23. The Morgan fingerprint density at radius 1 is 1.17 bits per heavy atom. The van der Waals surface area contributed by atoms with Crippen LogP contribution in [-0.4, -0.2) is 20.4 Å². The van der Waals surface area contributed by atoms with Crippen LogP contribution < -0.4 is 10.7 Å². The first-order chi connectivity index (χ1) is 8.69. The van der Waals surface area contributed by atoms with Crippen LogP contribution in [0.5, 0.6) is 0 Å². The molecule has 91 valence electrons. The Labute approximate surface area is 101 Å². The molecule has 0 unspecified atom stereocenters. The fourth-order valence-electron chi connectivity index (χ4n) is 1.77. The molecular formula is C11H9N4O3. The van der Waals surface area contributed by atoms with Gasteiger partial charge in [-0.05, 0) is 17.7 Å². The molecular weight excluding hydrogens is 236 g/mol. The van der Waals surface area contributed by atoms with Gasteiger partial charge in [-0.2, -0.15) is 5.06 Å². The summed E-state index contributed by atoms with van der Waals surface area (Å²) in [6.07, 6.45) is 2.37. The summed E-state index contributed by atoms with van der Waals surface area (Å²) in [7, 11) is 0. The van der Waals surface area contributed by atoms with Crippen LogP contribution in [0.1, 0.15) is 5.56 Å². The van der Waals surface area contributed by atoms with Crippen LogP contribution in [-0.2, 0) is 11.8 Å². The zero-order valence-corrected chi connectivity index (χ0v) is 9.19. The predicted molar refractivity (Wildman–Crippen MR) is 57.0 cm³/mol. The van der Waals surface area contributed by atoms with Gasteiger partial charge < -0.3 is 5.11 Å². The van der Waals surface area contributed by atoms with Crippen molar-refractivity contribution in [2.75, 3.05) is 0 Å². The monoisotopic (exact) mass is 245 g/mol. The molecule has 0 fully saturated rings. The molecule has 2 aliphatic heterocycles. The molecule has 18 heavy (non-hydrogen) atoms. The summed E-state index contributed by atoms with van der Waals surface area (Å²) in [5, 5.41) is 32.3.